The van der Waals surface area contributed by atoms with Crippen LogP contribution in [0.15, 0.2) is 5.16 Å². The van der Waals surface area contributed by atoms with E-state index in [0.29, 0.717) is 24.2 Å². The first-order valence-electron chi connectivity index (χ1n) is 7.98. The van der Waals surface area contributed by atoms with Crippen molar-refractivity contribution in [2.75, 3.05) is 24.6 Å². The molecule has 1 saturated heterocycles. The Bertz CT molecular complexity index is 571. The first kappa shape index (κ1) is 16.1. The Labute approximate surface area is 139 Å². The molecule has 2 aliphatic rings. The predicted molar refractivity (Wildman–Crippen MR) is 86.6 cm³/mol. The van der Waals surface area contributed by atoms with Gasteiger partial charge in [-0.3, -0.25) is 9.59 Å². The van der Waals surface area contributed by atoms with E-state index in [1.54, 1.807) is 0 Å². The molecule has 1 aliphatic carbocycles. The maximum atomic E-state index is 12.1. The number of nitrogen functional groups attached to an aromatic ring is 1. The van der Waals surface area contributed by atoms with Gasteiger partial charge in [0, 0.05) is 31.5 Å². The highest BCUT2D eigenvalue weighted by Crippen LogP contribution is 2.29. The van der Waals surface area contributed by atoms with E-state index < -0.39 is 0 Å². The molecule has 1 unspecified atom stereocenters. The minimum absolute atomic E-state index is 0.0786. The number of rotatable bonds is 6. The molecule has 23 heavy (non-hydrogen) atoms. The third-order valence-electron chi connectivity index (χ3n) is 4.41. The number of amides is 2. The summed E-state index contributed by atoms with van der Waals surface area (Å²) < 4.78 is 0. The van der Waals surface area contributed by atoms with Gasteiger partial charge in [0.2, 0.25) is 22.9 Å². The number of H-pyrrole nitrogens is 1. The lowest BCUT2D eigenvalue weighted by Crippen LogP contribution is -2.36. The van der Waals surface area contributed by atoms with Crippen molar-refractivity contribution in [3.05, 3.63) is 0 Å². The molecule has 1 saturated carbocycles. The highest BCUT2D eigenvalue weighted by molar-refractivity contribution is 7.99. The number of aromatic nitrogens is 3. The molecule has 2 amide bonds. The van der Waals surface area contributed by atoms with Crippen LogP contribution in [-0.2, 0) is 9.59 Å². The summed E-state index contributed by atoms with van der Waals surface area (Å²) in [7, 11) is 0. The maximum Gasteiger partial charge on any atom is 0.230 e. The zero-order valence-electron chi connectivity index (χ0n) is 13.0. The number of nitrogens with one attached hydrogen (secondary N) is 2. The number of carbonyl (C=O) groups is 2. The number of likely N-dealkylation sites (tertiary alicyclic amines) is 1. The second-order valence-electron chi connectivity index (χ2n) is 6.15. The largest absolute Gasteiger partial charge is 0.368 e. The van der Waals surface area contributed by atoms with Crippen molar-refractivity contribution in [1.29, 1.82) is 0 Å². The van der Waals surface area contributed by atoms with Gasteiger partial charge in [-0.2, -0.15) is 4.98 Å². The Morgan fingerprint density at radius 2 is 2.22 bits per heavy atom. The number of nitrogens with two attached hydrogens (primary N) is 1. The van der Waals surface area contributed by atoms with Crippen LogP contribution in [0.4, 0.5) is 5.95 Å². The second kappa shape index (κ2) is 7.20. The molecule has 0 bridgehead atoms. The van der Waals surface area contributed by atoms with Crippen LogP contribution < -0.4 is 11.1 Å². The lowest BCUT2D eigenvalue weighted by Gasteiger charge is -2.24. The number of carbonyl (C=O) groups excluding carboxylic acids is 2. The zero-order valence-corrected chi connectivity index (χ0v) is 13.8. The highest BCUT2D eigenvalue weighted by Gasteiger charge is 2.35. The quantitative estimate of drug-likeness (QED) is 0.646. The first-order chi connectivity index (χ1) is 11.1. The van der Waals surface area contributed by atoms with Gasteiger partial charge in [-0.25, -0.2) is 5.10 Å². The minimum Gasteiger partial charge on any atom is -0.368 e. The summed E-state index contributed by atoms with van der Waals surface area (Å²) in [5, 5.41) is 9.74. The van der Waals surface area contributed by atoms with E-state index in [1.165, 1.54) is 24.6 Å². The number of hydrogen-bond donors (Lipinski definition) is 3. The van der Waals surface area contributed by atoms with Gasteiger partial charge in [0.1, 0.15) is 0 Å². The van der Waals surface area contributed by atoms with Gasteiger partial charge in [0.05, 0.1) is 5.75 Å². The monoisotopic (exact) mass is 338 g/mol. The van der Waals surface area contributed by atoms with Crippen molar-refractivity contribution in [3.63, 3.8) is 0 Å². The number of thioether (sulfide) groups is 1. The van der Waals surface area contributed by atoms with E-state index >= 15 is 0 Å². The van der Waals surface area contributed by atoms with Crippen molar-refractivity contribution in [1.82, 2.24) is 25.4 Å². The lowest BCUT2D eigenvalue weighted by atomic mass is 10.1. The van der Waals surface area contributed by atoms with Crippen LogP contribution in [0.1, 0.15) is 32.1 Å². The summed E-state index contributed by atoms with van der Waals surface area (Å²) in [6, 6.07) is 0.426. The summed E-state index contributed by atoms with van der Waals surface area (Å²) >= 11 is 1.23. The van der Waals surface area contributed by atoms with Crippen molar-refractivity contribution in [2.24, 2.45) is 5.92 Å². The predicted octanol–water partition coefficient (Wildman–Crippen LogP) is 0.386. The Balaban J connectivity index is 1.38. The number of hydrogen-bond acceptors (Lipinski definition) is 6. The number of nitrogens with zero attached hydrogens (tertiary/aromatic N) is 3. The maximum absolute atomic E-state index is 12.1. The summed E-state index contributed by atoms with van der Waals surface area (Å²) in [4.78, 5) is 29.9. The number of anilines is 1. The molecule has 4 N–H and O–H groups in total. The molecule has 3 rings (SSSR count). The van der Waals surface area contributed by atoms with Crippen molar-refractivity contribution in [2.45, 2.75) is 43.3 Å². The molecule has 9 heteroatoms. The molecule has 1 aliphatic heterocycles. The smallest absolute Gasteiger partial charge is 0.230 e. The average Bonchev–Trinajstić information content (AvgIpc) is 3.24. The van der Waals surface area contributed by atoms with Crippen LogP contribution in [0.2, 0.25) is 0 Å². The molecule has 1 aromatic heterocycles. The fourth-order valence-corrected chi connectivity index (χ4v) is 3.91. The second-order valence-corrected chi connectivity index (χ2v) is 7.09. The van der Waals surface area contributed by atoms with Crippen molar-refractivity contribution < 1.29 is 9.59 Å². The third kappa shape index (κ3) is 4.15. The van der Waals surface area contributed by atoms with Crippen LogP contribution in [0.25, 0.3) is 0 Å². The van der Waals surface area contributed by atoms with E-state index in [9.17, 15) is 9.59 Å². The molecule has 2 fully saturated rings. The molecule has 126 valence electrons. The summed E-state index contributed by atoms with van der Waals surface area (Å²) in [5.41, 5.74) is 5.42. The average molecular weight is 338 g/mol. The zero-order chi connectivity index (χ0) is 16.2. The SMILES string of the molecule is Nc1nc(SCC(=O)NCC2CC(=O)N(C3CCCC3)C2)n[nH]1. The van der Waals surface area contributed by atoms with Gasteiger partial charge < -0.3 is 16.0 Å². The fraction of sp³-hybridized carbons (Fsp3) is 0.714. The standard InChI is InChI=1S/C14H22N6O2S/c15-13-17-14(19-18-13)23-8-11(21)16-6-9-5-12(22)20(7-9)10-3-1-2-4-10/h9-10H,1-8H2,(H,16,21)(H3,15,17,18,19). The Morgan fingerprint density at radius 1 is 1.43 bits per heavy atom. The molecule has 8 nitrogen and oxygen atoms in total. The van der Waals surface area contributed by atoms with Crippen LogP contribution in [0.5, 0.6) is 0 Å². The molecular formula is C14H22N6O2S. The van der Waals surface area contributed by atoms with E-state index in [2.05, 4.69) is 20.5 Å². The summed E-state index contributed by atoms with van der Waals surface area (Å²) in [6.45, 7) is 1.32. The molecule has 2 heterocycles. The topological polar surface area (TPSA) is 117 Å². The van der Waals surface area contributed by atoms with Crippen LogP contribution in [0, 0.1) is 5.92 Å². The summed E-state index contributed by atoms with van der Waals surface area (Å²) in [6.07, 6.45) is 5.24. The normalized spacial score (nSPS) is 22.0. The Hall–Kier alpha value is -1.77. The first-order valence-corrected chi connectivity index (χ1v) is 8.97. The molecule has 1 aromatic rings. The minimum atomic E-state index is -0.0786. The lowest BCUT2D eigenvalue weighted by molar-refractivity contribution is -0.129. The van der Waals surface area contributed by atoms with E-state index in [1.807, 2.05) is 4.90 Å². The van der Waals surface area contributed by atoms with Gasteiger partial charge in [-0.15, -0.1) is 5.10 Å². The molecule has 1 atom stereocenters. The van der Waals surface area contributed by atoms with Gasteiger partial charge in [-0.05, 0) is 12.8 Å². The van der Waals surface area contributed by atoms with Gasteiger partial charge >= 0.3 is 0 Å². The van der Waals surface area contributed by atoms with Gasteiger partial charge in [0.25, 0.3) is 0 Å². The van der Waals surface area contributed by atoms with Crippen LogP contribution >= 0.6 is 11.8 Å². The summed E-state index contributed by atoms with van der Waals surface area (Å²) in [5.74, 6) is 0.858. The van der Waals surface area contributed by atoms with Crippen molar-refractivity contribution in [3.8, 4) is 0 Å². The van der Waals surface area contributed by atoms with E-state index in [-0.39, 0.29) is 29.4 Å². The van der Waals surface area contributed by atoms with Gasteiger partial charge in [-0.1, -0.05) is 24.6 Å². The molecular weight excluding hydrogens is 316 g/mol. The molecule has 0 aromatic carbocycles. The van der Waals surface area contributed by atoms with E-state index in [0.717, 1.165) is 19.4 Å². The number of aromatic amines is 1. The molecule has 0 radical (unpaired) electrons. The Kier molecular flexibility index (Phi) is 5.04. The van der Waals surface area contributed by atoms with Crippen LogP contribution in [0.3, 0.4) is 0 Å². The van der Waals surface area contributed by atoms with Gasteiger partial charge in [0.15, 0.2) is 0 Å². The third-order valence-corrected chi connectivity index (χ3v) is 5.25. The Morgan fingerprint density at radius 3 is 2.91 bits per heavy atom. The molecule has 0 spiro atoms. The highest BCUT2D eigenvalue weighted by atomic mass is 32.2. The van der Waals surface area contributed by atoms with Crippen molar-refractivity contribution >= 4 is 29.5 Å². The van der Waals surface area contributed by atoms with E-state index in [4.69, 9.17) is 5.73 Å². The van der Waals surface area contributed by atoms with Crippen LogP contribution in [-0.4, -0.2) is 56.8 Å². The fourth-order valence-electron chi connectivity index (χ4n) is 3.28.